The van der Waals surface area contributed by atoms with E-state index in [4.69, 9.17) is 15.6 Å². The molecule has 1 aliphatic carbocycles. The van der Waals surface area contributed by atoms with Gasteiger partial charge in [-0.2, -0.15) is 0 Å². The number of nitrogens with zero attached hydrogens (tertiary/aromatic N) is 3. The van der Waals surface area contributed by atoms with Crippen LogP contribution < -0.4 is 0 Å². The van der Waals surface area contributed by atoms with E-state index >= 15 is 0 Å². The van der Waals surface area contributed by atoms with Crippen LogP contribution in [0.5, 0.6) is 0 Å². The van der Waals surface area contributed by atoms with Gasteiger partial charge in [-0.3, -0.25) is 0 Å². The lowest BCUT2D eigenvalue weighted by Crippen LogP contribution is -2.30. The van der Waals surface area contributed by atoms with Crippen molar-refractivity contribution in [2.24, 2.45) is 11.0 Å². The third-order valence-electron chi connectivity index (χ3n) is 2.73. The van der Waals surface area contributed by atoms with Crippen molar-refractivity contribution in [3.8, 4) is 0 Å². The van der Waals surface area contributed by atoms with E-state index in [9.17, 15) is 0 Å². The Labute approximate surface area is 77.5 Å². The van der Waals surface area contributed by atoms with Crippen LogP contribution in [0.3, 0.4) is 0 Å². The van der Waals surface area contributed by atoms with Gasteiger partial charge in [0.1, 0.15) is 0 Å². The fraction of sp³-hybridized carbons (Fsp3) is 1.00. The molecule has 0 aromatic rings. The molecule has 1 fully saturated rings. The zero-order valence-electron chi connectivity index (χ0n) is 7.50. The molecule has 1 aliphatic rings. The Morgan fingerprint density at radius 1 is 1.38 bits per heavy atom. The predicted molar refractivity (Wildman–Crippen MR) is 49.9 cm³/mol. The maximum Gasteiger partial charge on any atom is 0.455 e. The Bertz CT molecular complexity index is 206. The summed E-state index contributed by atoms with van der Waals surface area (Å²) in [6.07, 6.45) is 3.88. The molecule has 0 amide bonds. The summed E-state index contributed by atoms with van der Waals surface area (Å²) >= 11 is 0. The smallest absolute Gasteiger partial charge is 0.427 e. The lowest BCUT2D eigenvalue weighted by Gasteiger charge is -2.29. The lowest BCUT2D eigenvalue weighted by molar-refractivity contribution is 0.292. The van der Waals surface area contributed by atoms with Crippen LogP contribution in [0.1, 0.15) is 25.7 Å². The SMILES string of the molecule is [N-]=[N+]=NC[C@H]1CCCC[C@H]1B(O)O. The first-order valence-electron chi connectivity index (χ1n) is 4.62. The predicted octanol–water partition coefficient (Wildman–Crippen LogP) is 1.33. The van der Waals surface area contributed by atoms with Crippen LogP contribution >= 0.6 is 0 Å². The zero-order chi connectivity index (χ0) is 9.68. The average molecular weight is 183 g/mol. The van der Waals surface area contributed by atoms with Crippen molar-refractivity contribution >= 4 is 7.12 Å². The molecule has 0 aromatic heterocycles. The molecular weight excluding hydrogens is 169 g/mol. The molecule has 72 valence electrons. The van der Waals surface area contributed by atoms with E-state index < -0.39 is 7.12 Å². The molecule has 0 aliphatic heterocycles. The van der Waals surface area contributed by atoms with Gasteiger partial charge in [-0.25, -0.2) is 0 Å². The van der Waals surface area contributed by atoms with Gasteiger partial charge in [-0.1, -0.05) is 30.8 Å². The van der Waals surface area contributed by atoms with E-state index in [2.05, 4.69) is 10.0 Å². The first-order chi connectivity index (χ1) is 6.25. The summed E-state index contributed by atoms with van der Waals surface area (Å²) in [5.74, 6) is 0.0314. The monoisotopic (exact) mass is 183 g/mol. The molecule has 0 heterocycles. The third kappa shape index (κ3) is 2.92. The highest BCUT2D eigenvalue weighted by atomic mass is 16.4. The van der Waals surface area contributed by atoms with Crippen molar-refractivity contribution in [1.82, 2.24) is 0 Å². The van der Waals surface area contributed by atoms with Crippen LogP contribution in [-0.2, 0) is 0 Å². The van der Waals surface area contributed by atoms with Gasteiger partial charge in [0.25, 0.3) is 0 Å². The van der Waals surface area contributed by atoms with Crippen molar-refractivity contribution in [2.45, 2.75) is 31.5 Å². The molecule has 1 saturated carbocycles. The normalized spacial score (nSPS) is 27.8. The maximum atomic E-state index is 9.07. The standard InChI is InChI=1S/C7H14BN3O2/c9-11-10-5-6-3-1-2-4-7(6)8(12)13/h6-7,12-13H,1-5H2/t6-,7-/m1/s1. The first-order valence-corrected chi connectivity index (χ1v) is 4.62. The number of hydrogen-bond acceptors (Lipinski definition) is 3. The molecule has 6 heteroatoms. The molecule has 13 heavy (non-hydrogen) atoms. The van der Waals surface area contributed by atoms with Gasteiger partial charge < -0.3 is 10.0 Å². The van der Waals surface area contributed by atoms with Gasteiger partial charge in [-0.15, -0.1) is 0 Å². The Kier molecular flexibility index (Phi) is 4.08. The van der Waals surface area contributed by atoms with E-state index in [0.29, 0.717) is 6.54 Å². The Balaban J connectivity index is 2.50. The van der Waals surface area contributed by atoms with Crippen LogP contribution in [0.15, 0.2) is 5.11 Å². The maximum absolute atomic E-state index is 9.07. The fourth-order valence-corrected chi connectivity index (χ4v) is 2.00. The quantitative estimate of drug-likeness (QED) is 0.299. The van der Waals surface area contributed by atoms with E-state index in [1.165, 1.54) is 0 Å². The second-order valence-electron chi connectivity index (χ2n) is 3.54. The van der Waals surface area contributed by atoms with Gasteiger partial charge in [0.2, 0.25) is 0 Å². The average Bonchev–Trinajstić information content (AvgIpc) is 2.15. The Hall–Kier alpha value is -0.705. The third-order valence-corrected chi connectivity index (χ3v) is 2.73. The van der Waals surface area contributed by atoms with Crippen molar-refractivity contribution in [2.75, 3.05) is 6.54 Å². The zero-order valence-corrected chi connectivity index (χ0v) is 7.50. The molecule has 0 aromatic carbocycles. The van der Waals surface area contributed by atoms with E-state index in [-0.39, 0.29) is 11.7 Å². The van der Waals surface area contributed by atoms with Crippen molar-refractivity contribution in [1.29, 1.82) is 0 Å². The Morgan fingerprint density at radius 2 is 2.08 bits per heavy atom. The van der Waals surface area contributed by atoms with Gasteiger partial charge in [0, 0.05) is 11.5 Å². The molecule has 0 spiro atoms. The van der Waals surface area contributed by atoms with Gasteiger partial charge in [-0.05, 0) is 17.3 Å². The van der Waals surface area contributed by atoms with E-state index in [0.717, 1.165) is 25.7 Å². The highest BCUT2D eigenvalue weighted by molar-refractivity contribution is 6.43. The minimum absolute atomic E-state index is 0.112. The second kappa shape index (κ2) is 5.12. The summed E-state index contributed by atoms with van der Waals surface area (Å²) < 4.78 is 0. The van der Waals surface area contributed by atoms with Crippen molar-refractivity contribution < 1.29 is 10.0 Å². The van der Waals surface area contributed by atoms with Gasteiger partial charge in [0.15, 0.2) is 0 Å². The van der Waals surface area contributed by atoms with Crippen LogP contribution in [0.2, 0.25) is 5.82 Å². The summed E-state index contributed by atoms with van der Waals surface area (Å²) in [5, 5.41) is 21.6. The highest BCUT2D eigenvalue weighted by Crippen LogP contribution is 2.35. The van der Waals surface area contributed by atoms with Gasteiger partial charge >= 0.3 is 7.12 Å². The minimum atomic E-state index is -1.26. The minimum Gasteiger partial charge on any atom is -0.427 e. The van der Waals surface area contributed by atoms with E-state index in [1.807, 2.05) is 0 Å². The second-order valence-corrected chi connectivity index (χ2v) is 3.54. The summed E-state index contributed by atoms with van der Waals surface area (Å²) in [6.45, 7) is 0.388. The molecule has 0 saturated heterocycles. The molecule has 1 rings (SSSR count). The molecule has 2 atom stereocenters. The van der Waals surface area contributed by atoms with Gasteiger partial charge in [0.05, 0.1) is 0 Å². The number of hydrogen-bond donors (Lipinski definition) is 2. The van der Waals surface area contributed by atoms with Crippen LogP contribution in [0, 0.1) is 5.92 Å². The molecular formula is C7H14BN3O2. The summed E-state index contributed by atoms with van der Waals surface area (Å²) in [7, 11) is -1.26. The summed E-state index contributed by atoms with van der Waals surface area (Å²) in [6, 6.07) is 0. The van der Waals surface area contributed by atoms with E-state index in [1.54, 1.807) is 0 Å². The Morgan fingerprint density at radius 3 is 2.69 bits per heavy atom. The summed E-state index contributed by atoms with van der Waals surface area (Å²) in [4.78, 5) is 2.69. The largest absolute Gasteiger partial charge is 0.455 e. The molecule has 2 N–H and O–H groups in total. The summed E-state index contributed by atoms with van der Waals surface area (Å²) in [5.41, 5.74) is 8.16. The van der Waals surface area contributed by atoms with Crippen molar-refractivity contribution in [3.63, 3.8) is 0 Å². The fourth-order valence-electron chi connectivity index (χ4n) is 2.00. The lowest BCUT2D eigenvalue weighted by atomic mass is 9.60. The molecule has 0 unspecified atom stereocenters. The molecule has 0 radical (unpaired) electrons. The molecule has 5 nitrogen and oxygen atoms in total. The number of azide groups is 1. The molecule has 0 bridgehead atoms. The van der Waals surface area contributed by atoms with Crippen LogP contribution in [0.25, 0.3) is 10.4 Å². The number of rotatable bonds is 3. The first kappa shape index (κ1) is 10.4. The highest BCUT2D eigenvalue weighted by Gasteiger charge is 2.33. The van der Waals surface area contributed by atoms with Crippen LogP contribution in [0.4, 0.5) is 0 Å². The topological polar surface area (TPSA) is 89.2 Å². The van der Waals surface area contributed by atoms with Crippen molar-refractivity contribution in [3.05, 3.63) is 10.4 Å². The van der Waals surface area contributed by atoms with Crippen LogP contribution in [-0.4, -0.2) is 23.7 Å².